The van der Waals surface area contributed by atoms with E-state index in [1.165, 1.54) is 19.4 Å². The summed E-state index contributed by atoms with van der Waals surface area (Å²) in [5.74, 6) is 6.99. The van der Waals surface area contributed by atoms with Crippen LogP contribution in [0.2, 0.25) is 0 Å². The van der Waals surface area contributed by atoms with Crippen molar-refractivity contribution in [1.82, 2.24) is 9.47 Å². The number of piperidine rings is 1. The Hall–Kier alpha value is -2.96. The van der Waals surface area contributed by atoms with E-state index in [4.69, 9.17) is 28.3 Å². The van der Waals surface area contributed by atoms with Gasteiger partial charge in [0.05, 0.1) is 59.0 Å². The Morgan fingerprint density at radius 1 is 1.10 bits per heavy atom. The maximum absolute atomic E-state index is 11.9. The number of ether oxygens (including phenoxy) is 1. The largest absolute Gasteiger partial charge is 0.495 e. The van der Waals surface area contributed by atoms with Gasteiger partial charge in [0.25, 0.3) is 0 Å². The molecule has 11 heteroatoms. The molecule has 0 atom stereocenters. The lowest BCUT2D eigenvalue weighted by Crippen LogP contribution is -2.55. The second-order valence-corrected chi connectivity index (χ2v) is 12.0. The summed E-state index contributed by atoms with van der Waals surface area (Å²) < 4.78 is 31.3. The Morgan fingerprint density at radius 2 is 1.85 bits per heavy atom. The van der Waals surface area contributed by atoms with Crippen molar-refractivity contribution in [3.05, 3.63) is 48.2 Å². The molecule has 0 aliphatic carbocycles. The molecule has 0 amide bonds. The number of nitrogens with one attached hydrogen (secondary N) is 2. The van der Waals surface area contributed by atoms with Crippen molar-refractivity contribution < 1.29 is 13.2 Å². The van der Waals surface area contributed by atoms with Crippen LogP contribution in [0.25, 0.3) is 10.9 Å². The fraction of sp³-hybridized carbons (Fsp3) is 0.429. The number of hydrogen-bond donors (Lipinski definition) is 2. The van der Waals surface area contributed by atoms with Gasteiger partial charge in [-0.05, 0) is 68.6 Å². The lowest BCUT2D eigenvalue weighted by Gasteiger charge is -2.42. The highest BCUT2D eigenvalue weighted by molar-refractivity contribution is 7.90. The number of likely N-dealkylation sites (tertiary alicyclic amines) is 1. The van der Waals surface area contributed by atoms with Crippen LogP contribution in [0.5, 0.6) is 5.75 Å². The minimum absolute atomic E-state index is 0.210. The normalized spacial score (nSPS) is 15.1. The van der Waals surface area contributed by atoms with Gasteiger partial charge in [-0.3, -0.25) is 0 Å². The number of rotatable bonds is 9. The average Bonchev–Trinajstić information content (AvgIpc) is 3.24. The van der Waals surface area contributed by atoms with E-state index in [0.717, 1.165) is 61.2 Å². The number of methoxy groups -OCH3 is 1. The summed E-state index contributed by atoms with van der Waals surface area (Å²) in [5.41, 5.74) is 3.84. The highest BCUT2D eigenvalue weighted by Gasteiger charge is 2.26. The molecule has 1 fully saturated rings. The highest BCUT2D eigenvalue weighted by atomic mass is 32.2. The summed E-state index contributed by atoms with van der Waals surface area (Å²) in [6.07, 6.45) is 3.95. The van der Waals surface area contributed by atoms with E-state index < -0.39 is 15.1 Å². The number of anilines is 2. The third-order valence-corrected chi connectivity index (χ3v) is 8.09. The number of benzene rings is 2. The molecule has 198 valence electrons. The molecule has 4 rings (SSSR count). The lowest BCUT2D eigenvalue weighted by molar-refractivity contribution is 0.217. The van der Waals surface area contributed by atoms with Crippen LogP contribution in [0.4, 0.5) is 11.4 Å². The van der Waals surface area contributed by atoms with Crippen molar-refractivity contribution >= 4 is 55.7 Å². The predicted molar refractivity (Wildman–Crippen MR) is 162 cm³/mol. The first-order valence-electron chi connectivity index (χ1n) is 13.1. The predicted octanol–water partition coefficient (Wildman–Crippen LogP) is 2.92. The molecular formula is C28H33B3N4O3S. The first-order chi connectivity index (χ1) is 18.5. The molecule has 1 aromatic heterocycles. The van der Waals surface area contributed by atoms with Crippen molar-refractivity contribution in [2.75, 3.05) is 43.6 Å². The van der Waals surface area contributed by atoms with E-state index in [9.17, 15) is 8.42 Å². The van der Waals surface area contributed by atoms with Crippen LogP contribution >= 0.6 is 0 Å². The van der Waals surface area contributed by atoms with Crippen molar-refractivity contribution in [2.24, 2.45) is 0 Å². The minimum Gasteiger partial charge on any atom is -0.495 e. The second-order valence-electron chi connectivity index (χ2n) is 10.0. The molecule has 7 nitrogen and oxygen atoms in total. The Labute approximate surface area is 236 Å². The van der Waals surface area contributed by atoms with Gasteiger partial charge in [-0.1, -0.05) is 24.1 Å². The van der Waals surface area contributed by atoms with Gasteiger partial charge in [0.2, 0.25) is 0 Å². The first-order valence-corrected chi connectivity index (χ1v) is 15.0. The van der Waals surface area contributed by atoms with Gasteiger partial charge < -0.3 is 24.8 Å². The van der Waals surface area contributed by atoms with Gasteiger partial charge in [-0.2, -0.15) is 0 Å². The quantitative estimate of drug-likeness (QED) is 0.323. The molecule has 39 heavy (non-hydrogen) atoms. The topological polar surface area (TPSA) is 75.6 Å². The van der Waals surface area contributed by atoms with Crippen LogP contribution in [0.15, 0.2) is 47.4 Å². The lowest BCUT2D eigenvalue weighted by atomic mass is 9.48. The van der Waals surface area contributed by atoms with E-state index in [1.54, 1.807) is 12.1 Å². The van der Waals surface area contributed by atoms with E-state index in [-0.39, 0.29) is 4.90 Å². The van der Waals surface area contributed by atoms with Crippen LogP contribution in [0.1, 0.15) is 31.9 Å². The van der Waals surface area contributed by atoms with E-state index >= 15 is 0 Å². The maximum Gasteiger partial charge on any atom is 0.175 e. The molecule has 2 N–H and O–H groups in total. The maximum atomic E-state index is 11.9. The summed E-state index contributed by atoms with van der Waals surface area (Å²) in [7, 11) is 15.8. The molecule has 0 bridgehead atoms. The smallest absolute Gasteiger partial charge is 0.175 e. The third-order valence-electron chi connectivity index (χ3n) is 6.98. The molecule has 2 heterocycles. The highest BCUT2D eigenvalue weighted by Crippen LogP contribution is 2.30. The Balaban J connectivity index is 1.51. The standard InChI is InChI=1S/C28H33B3N4O3S/c1-4-15-35-21(7-6-14-32-25-11-10-22(39(3,36)37)19-27(25)38-2)18-23-24(8-5-9-26(23)35)33-20-12-16-34(17-13-20)28(29,30)31/h5,8-11,18-20,32-33H,4,12-17H2,1-3H3. The van der Waals surface area contributed by atoms with Gasteiger partial charge >= 0.3 is 0 Å². The van der Waals surface area contributed by atoms with Gasteiger partial charge in [-0.25, -0.2) is 8.42 Å². The van der Waals surface area contributed by atoms with Crippen molar-refractivity contribution in [2.45, 2.75) is 48.9 Å². The molecule has 1 aliphatic heterocycles. The summed E-state index contributed by atoms with van der Waals surface area (Å²) >= 11 is 0. The number of aryl methyl sites for hydroxylation is 1. The van der Waals surface area contributed by atoms with Crippen LogP contribution in [0.3, 0.4) is 0 Å². The van der Waals surface area contributed by atoms with Crippen LogP contribution in [-0.4, -0.2) is 85.7 Å². The minimum atomic E-state index is -3.32. The summed E-state index contributed by atoms with van der Waals surface area (Å²) in [5, 5.41) is 6.80. The number of sulfone groups is 1. The molecule has 2 aromatic carbocycles. The second kappa shape index (κ2) is 12.1. The Bertz CT molecular complexity index is 1480. The zero-order chi connectivity index (χ0) is 28.2. The Kier molecular flexibility index (Phi) is 8.98. The number of aromatic nitrogens is 1. The van der Waals surface area contributed by atoms with Gasteiger partial charge in [0.1, 0.15) is 5.75 Å². The van der Waals surface area contributed by atoms with Crippen molar-refractivity contribution in [3.8, 4) is 17.6 Å². The molecular weight excluding hydrogens is 505 g/mol. The SMILES string of the molecule is [B]C([B])([B])N1CCC(Nc2cccc3c2cc(C#CCNc2ccc(S(C)(=O)=O)cc2OC)n3CCC)CC1. The van der Waals surface area contributed by atoms with Crippen molar-refractivity contribution in [3.63, 3.8) is 0 Å². The van der Waals surface area contributed by atoms with Gasteiger partial charge in [0.15, 0.2) is 9.84 Å². The van der Waals surface area contributed by atoms with Crippen molar-refractivity contribution in [1.29, 1.82) is 0 Å². The molecule has 1 aliphatic rings. The number of hydrogen-bond acceptors (Lipinski definition) is 6. The molecule has 0 saturated carbocycles. The zero-order valence-corrected chi connectivity index (χ0v) is 23.6. The molecule has 1 saturated heterocycles. The molecule has 0 spiro atoms. The summed E-state index contributed by atoms with van der Waals surface area (Å²) in [6, 6.07) is 13.5. The average molecular weight is 538 g/mol. The fourth-order valence-electron chi connectivity index (χ4n) is 4.93. The third kappa shape index (κ3) is 6.98. The molecule has 3 aromatic rings. The Morgan fingerprint density at radius 3 is 2.49 bits per heavy atom. The summed E-state index contributed by atoms with van der Waals surface area (Å²) in [6.45, 7) is 4.85. The molecule has 6 radical (unpaired) electrons. The van der Waals surface area contributed by atoms with Crippen LogP contribution in [-0.2, 0) is 16.4 Å². The van der Waals surface area contributed by atoms with Gasteiger partial charge in [-0.15, -0.1) is 0 Å². The van der Waals surface area contributed by atoms with Crippen LogP contribution < -0.4 is 15.4 Å². The van der Waals surface area contributed by atoms with E-state index in [2.05, 4.69) is 58.2 Å². The molecule has 0 unspecified atom stereocenters. The zero-order valence-electron chi connectivity index (χ0n) is 22.8. The number of nitrogens with zero attached hydrogens (tertiary/aromatic N) is 2. The van der Waals surface area contributed by atoms with Gasteiger partial charge in [0, 0.05) is 36.0 Å². The van der Waals surface area contributed by atoms with Crippen LogP contribution in [0, 0.1) is 11.8 Å². The number of fused-ring (bicyclic) bond motifs is 1. The monoisotopic (exact) mass is 538 g/mol. The summed E-state index contributed by atoms with van der Waals surface area (Å²) in [4.78, 5) is 2.11. The first kappa shape index (κ1) is 29.0. The fourth-order valence-corrected chi connectivity index (χ4v) is 5.57. The van der Waals surface area contributed by atoms with E-state index in [1.807, 2.05) is 4.90 Å². The van der Waals surface area contributed by atoms with E-state index in [0.29, 0.717) is 24.0 Å².